The summed E-state index contributed by atoms with van der Waals surface area (Å²) in [5.41, 5.74) is 0. The molecule has 0 saturated heterocycles. The van der Waals surface area contributed by atoms with Gasteiger partial charge in [0.1, 0.15) is 0 Å². The average Bonchev–Trinajstić information content (AvgIpc) is 2.27. The smallest absolute Gasteiger partial charge is 0.330 e. The third-order valence-corrected chi connectivity index (χ3v) is 4.25. The molecule has 0 bridgehead atoms. The van der Waals surface area contributed by atoms with Crippen molar-refractivity contribution in [3.63, 3.8) is 0 Å². The molecule has 0 saturated carbocycles. The Labute approximate surface area is 104 Å². The molecule has 0 spiro atoms. The zero-order valence-corrected chi connectivity index (χ0v) is 11.9. The van der Waals surface area contributed by atoms with Gasteiger partial charge in [-0.3, -0.25) is 4.57 Å². The molecule has 0 aliphatic heterocycles. The molecule has 0 rings (SSSR count). The number of hydrogen-bond donors (Lipinski definition) is 0. The molecule has 0 aromatic heterocycles. The first-order chi connectivity index (χ1) is 8.08. The van der Waals surface area contributed by atoms with Crippen LogP contribution in [0.5, 0.6) is 0 Å². The van der Waals surface area contributed by atoms with Crippen LogP contribution in [0.4, 0.5) is 0 Å². The molecule has 0 atom stereocenters. The molecule has 0 heterocycles. The number of hydroxylamine groups is 1. The molecule has 0 aromatic carbocycles. The van der Waals surface area contributed by atoms with E-state index in [0.29, 0.717) is 32.3 Å². The third kappa shape index (κ3) is 8.36. The fourth-order valence-electron chi connectivity index (χ4n) is 1.34. The average molecular weight is 265 g/mol. The van der Waals surface area contributed by atoms with Crippen molar-refractivity contribution < 1.29 is 18.4 Å². The molecule has 5 nitrogen and oxygen atoms in total. The summed E-state index contributed by atoms with van der Waals surface area (Å²) in [6.07, 6.45) is 4.16. The number of nitrogens with zero attached hydrogens (tertiary/aromatic N) is 1. The van der Waals surface area contributed by atoms with Crippen LogP contribution in [0.15, 0.2) is 0 Å². The van der Waals surface area contributed by atoms with E-state index in [1.165, 1.54) is 0 Å². The molecule has 0 amide bonds. The lowest BCUT2D eigenvalue weighted by molar-refractivity contribution is -0.453. The van der Waals surface area contributed by atoms with Crippen LogP contribution in [0, 0.1) is 5.21 Å². The maximum Gasteiger partial charge on any atom is 0.330 e. The van der Waals surface area contributed by atoms with E-state index in [4.69, 9.17) is 9.05 Å². The molecule has 0 N–H and O–H groups in total. The van der Waals surface area contributed by atoms with Crippen LogP contribution in [-0.2, 0) is 13.6 Å². The minimum atomic E-state index is -2.98. The van der Waals surface area contributed by atoms with Gasteiger partial charge >= 0.3 is 7.60 Å². The van der Waals surface area contributed by atoms with Crippen molar-refractivity contribution in [2.45, 2.75) is 40.0 Å². The lowest BCUT2D eigenvalue weighted by Crippen LogP contribution is -2.10. The van der Waals surface area contributed by atoms with Crippen molar-refractivity contribution in [2.24, 2.45) is 0 Å². The number of hydrogen-bond acceptors (Lipinski definition) is 4. The highest BCUT2D eigenvalue weighted by Crippen LogP contribution is 2.48. The fourth-order valence-corrected chi connectivity index (χ4v) is 2.99. The Balaban J connectivity index is 4.01. The van der Waals surface area contributed by atoms with Gasteiger partial charge in [0, 0.05) is 12.8 Å². The van der Waals surface area contributed by atoms with Crippen LogP contribution >= 0.6 is 7.60 Å². The summed E-state index contributed by atoms with van der Waals surface area (Å²) < 4.78 is 23.2. The number of unbranched alkanes of at least 4 members (excludes halogenated alkanes) is 1. The zero-order chi connectivity index (χ0) is 13.1. The van der Waals surface area contributed by atoms with Crippen LogP contribution in [-0.4, -0.2) is 36.9 Å². The summed E-state index contributed by atoms with van der Waals surface area (Å²) in [6.45, 7) is 6.63. The number of rotatable bonds is 10. The highest BCUT2D eigenvalue weighted by molar-refractivity contribution is 7.53. The maximum atomic E-state index is 12.0. The molecule has 6 heteroatoms. The first kappa shape index (κ1) is 16.6. The predicted octanol–water partition coefficient (Wildman–Crippen LogP) is 3.02. The summed E-state index contributed by atoms with van der Waals surface area (Å²) in [4.78, 5) is 0. The second-order valence-electron chi connectivity index (χ2n) is 3.64. The van der Waals surface area contributed by atoms with Gasteiger partial charge in [0.05, 0.1) is 19.4 Å². The van der Waals surface area contributed by atoms with Crippen LogP contribution in [0.3, 0.4) is 0 Å². The molecular weight excluding hydrogens is 241 g/mol. The van der Waals surface area contributed by atoms with Crippen molar-refractivity contribution in [1.82, 2.24) is 0 Å². The lowest BCUT2D eigenvalue weighted by atomic mass is 10.4. The van der Waals surface area contributed by atoms with Gasteiger partial charge < -0.3 is 14.3 Å². The molecule has 0 fully saturated rings. The Kier molecular flexibility index (Phi) is 9.41. The van der Waals surface area contributed by atoms with Crippen LogP contribution in [0.1, 0.15) is 40.0 Å². The molecule has 17 heavy (non-hydrogen) atoms. The van der Waals surface area contributed by atoms with Crippen LogP contribution in [0.25, 0.3) is 0 Å². The summed E-state index contributed by atoms with van der Waals surface area (Å²) in [5.74, 6) is 0. The van der Waals surface area contributed by atoms with Gasteiger partial charge in [0.2, 0.25) is 0 Å². The van der Waals surface area contributed by atoms with Crippen molar-refractivity contribution in [1.29, 1.82) is 0 Å². The van der Waals surface area contributed by atoms with E-state index in [0.717, 1.165) is 17.6 Å². The Bertz CT molecular complexity index is 258. The van der Waals surface area contributed by atoms with E-state index >= 15 is 0 Å². The van der Waals surface area contributed by atoms with Gasteiger partial charge in [-0.2, -0.15) is 0 Å². The molecule has 0 unspecified atom stereocenters. The first-order valence-corrected chi connectivity index (χ1v) is 7.96. The van der Waals surface area contributed by atoms with Crippen LogP contribution < -0.4 is 0 Å². The van der Waals surface area contributed by atoms with Crippen molar-refractivity contribution in [3.05, 3.63) is 5.21 Å². The molecule has 102 valence electrons. The standard InChI is InChI=1S/C11H24NO4P/c1-4-7-9-12(13)10-8-11-17(14,15-5-2)16-6-3/h9H,4-8,10-11H2,1-3H3. The second-order valence-corrected chi connectivity index (χ2v) is 5.82. The second kappa shape index (κ2) is 9.63. The predicted molar refractivity (Wildman–Crippen MR) is 69.8 cm³/mol. The van der Waals surface area contributed by atoms with E-state index in [9.17, 15) is 9.77 Å². The quantitative estimate of drug-likeness (QED) is 0.200. The van der Waals surface area contributed by atoms with E-state index in [2.05, 4.69) is 0 Å². The minimum Gasteiger partial charge on any atom is -0.624 e. The molecule has 0 aliphatic rings. The normalized spacial score (nSPS) is 13.0. The summed E-state index contributed by atoms with van der Waals surface area (Å²) >= 11 is 0. The topological polar surface area (TPSA) is 61.6 Å². The highest BCUT2D eigenvalue weighted by Gasteiger charge is 2.23. The minimum absolute atomic E-state index is 0.299. The van der Waals surface area contributed by atoms with Crippen LogP contribution in [0.2, 0.25) is 0 Å². The zero-order valence-electron chi connectivity index (χ0n) is 11.1. The fraction of sp³-hybridized carbons (Fsp3) is 0.909. The summed E-state index contributed by atoms with van der Waals surface area (Å²) in [6, 6.07) is 0. The molecule has 0 aliphatic carbocycles. The highest BCUT2D eigenvalue weighted by atomic mass is 31.2. The Hall–Kier alpha value is -0.380. The van der Waals surface area contributed by atoms with Gasteiger partial charge in [-0.1, -0.05) is 6.92 Å². The van der Waals surface area contributed by atoms with Gasteiger partial charge in [-0.25, -0.2) is 4.74 Å². The molecular formula is C11H24NO4P. The first-order valence-electron chi connectivity index (χ1n) is 6.23. The van der Waals surface area contributed by atoms with Gasteiger partial charge in [-0.15, -0.1) is 0 Å². The van der Waals surface area contributed by atoms with E-state index in [1.54, 1.807) is 20.1 Å². The van der Waals surface area contributed by atoms with E-state index in [-0.39, 0.29) is 0 Å². The lowest BCUT2D eigenvalue weighted by Gasteiger charge is -2.16. The monoisotopic (exact) mass is 265 g/mol. The summed E-state index contributed by atoms with van der Waals surface area (Å²) in [5, 5.41) is 11.3. The largest absolute Gasteiger partial charge is 0.624 e. The van der Waals surface area contributed by atoms with Gasteiger partial charge in [-0.05, 0) is 20.3 Å². The van der Waals surface area contributed by atoms with Gasteiger partial charge in [0.15, 0.2) is 12.8 Å². The van der Waals surface area contributed by atoms with Crippen molar-refractivity contribution in [3.8, 4) is 0 Å². The third-order valence-electron chi connectivity index (χ3n) is 2.08. The van der Waals surface area contributed by atoms with Crippen molar-refractivity contribution in [2.75, 3.05) is 25.9 Å². The van der Waals surface area contributed by atoms with E-state index in [1.807, 2.05) is 6.92 Å². The molecule has 0 aromatic rings. The van der Waals surface area contributed by atoms with Gasteiger partial charge in [0.25, 0.3) is 0 Å². The SMILES string of the molecule is CCCC=[N+]([O-])CCCP(=O)(OCC)OCC. The maximum absolute atomic E-state index is 12.0. The van der Waals surface area contributed by atoms with E-state index < -0.39 is 7.60 Å². The molecule has 0 radical (unpaired) electrons. The Morgan fingerprint density at radius 3 is 2.29 bits per heavy atom. The summed E-state index contributed by atoms with van der Waals surface area (Å²) in [7, 11) is -2.98. The Morgan fingerprint density at radius 1 is 1.24 bits per heavy atom. The Morgan fingerprint density at radius 2 is 1.82 bits per heavy atom. The van der Waals surface area contributed by atoms with Crippen molar-refractivity contribution >= 4 is 13.8 Å².